The first-order valence-corrected chi connectivity index (χ1v) is 7.22. The molecule has 3 N–H and O–H groups in total. The van der Waals surface area contributed by atoms with Crippen LogP contribution in [0.25, 0.3) is 0 Å². The highest BCUT2D eigenvalue weighted by Gasteiger charge is 2.49. The highest BCUT2D eigenvalue weighted by Crippen LogP contribution is 2.51. The van der Waals surface area contributed by atoms with Gasteiger partial charge in [0.25, 0.3) is 5.91 Å². The van der Waals surface area contributed by atoms with Gasteiger partial charge in [0, 0.05) is 35.1 Å². The summed E-state index contributed by atoms with van der Waals surface area (Å²) in [5, 5.41) is 2.88. The molecule has 1 heterocycles. The van der Waals surface area contributed by atoms with E-state index in [9.17, 15) is 4.79 Å². The van der Waals surface area contributed by atoms with Gasteiger partial charge in [-0.3, -0.25) is 9.78 Å². The minimum atomic E-state index is -0.127. The summed E-state index contributed by atoms with van der Waals surface area (Å²) in [6.07, 6.45) is 5.26. The van der Waals surface area contributed by atoms with Crippen molar-refractivity contribution in [2.75, 3.05) is 5.32 Å². The van der Waals surface area contributed by atoms with Gasteiger partial charge >= 0.3 is 0 Å². The smallest absolute Gasteiger partial charge is 0.255 e. The number of nitrogens with one attached hydrogen (secondary N) is 1. The molecule has 3 rings (SSSR count). The van der Waals surface area contributed by atoms with E-state index in [1.807, 2.05) is 12.1 Å². The van der Waals surface area contributed by atoms with E-state index >= 15 is 0 Å². The predicted molar refractivity (Wildman–Crippen MR) is 83.2 cm³/mol. The van der Waals surface area contributed by atoms with Crippen molar-refractivity contribution in [3.05, 3.63) is 59.9 Å². The molecule has 1 aromatic heterocycles. The maximum atomic E-state index is 12.0. The van der Waals surface area contributed by atoms with Gasteiger partial charge in [-0.05, 0) is 42.7 Å². The Kier molecular flexibility index (Phi) is 3.47. The first-order valence-electron chi connectivity index (χ1n) is 7.22. The van der Waals surface area contributed by atoms with Crippen molar-refractivity contribution in [2.24, 2.45) is 5.73 Å². The summed E-state index contributed by atoms with van der Waals surface area (Å²) in [7, 11) is 0. The number of hydrogen-bond donors (Lipinski definition) is 2. The maximum absolute atomic E-state index is 12.0. The Morgan fingerprint density at radius 1 is 1.29 bits per heavy atom. The third-order valence-corrected chi connectivity index (χ3v) is 4.29. The zero-order valence-corrected chi connectivity index (χ0v) is 12.0. The summed E-state index contributed by atoms with van der Waals surface area (Å²) in [6.45, 7) is 2.13. The third kappa shape index (κ3) is 2.81. The molecule has 1 saturated carbocycles. The fourth-order valence-corrected chi connectivity index (χ4v) is 2.67. The second-order valence-electron chi connectivity index (χ2n) is 5.66. The summed E-state index contributed by atoms with van der Waals surface area (Å²) < 4.78 is 0. The van der Waals surface area contributed by atoms with E-state index in [2.05, 4.69) is 29.4 Å². The minimum Gasteiger partial charge on any atom is -0.325 e. The van der Waals surface area contributed by atoms with Crippen LogP contribution in [0.1, 0.15) is 41.6 Å². The van der Waals surface area contributed by atoms with Crippen LogP contribution in [0, 0.1) is 0 Å². The fourth-order valence-electron chi connectivity index (χ4n) is 2.67. The van der Waals surface area contributed by atoms with Crippen LogP contribution in [0.4, 0.5) is 5.69 Å². The normalized spacial score (nSPS) is 23.6. The molecule has 0 spiro atoms. The molecular formula is C17H19N3O. The van der Waals surface area contributed by atoms with E-state index in [4.69, 9.17) is 5.73 Å². The molecule has 21 heavy (non-hydrogen) atoms. The number of aromatic nitrogens is 1. The monoisotopic (exact) mass is 281 g/mol. The largest absolute Gasteiger partial charge is 0.325 e. The van der Waals surface area contributed by atoms with Crippen LogP contribution >= 0.6 is 0 Å². The molecule has 2 unspecified atom stereocenters. The van der Waals surface area contributed by atoms with Gasteiger partial charge in [0.2, 0.25) is 0 Å². The molecule has 0 bridgehead atoms. The molecule has 2 aromatic rings. The molecule has 1 fully saturated rings. The molecule has 1 aliphatic rings. The standard InChI is InChI=1S/C17H19N3O/c1-2-17(18)11-15(17)12-3-5-14(6-4-12)20-16(21)13-7-9-19-10-8-13/h3-10,15H,2,11,18H2,1H3,(H,20,21). The van der Waals surface area contributed by atoms with Crippen molar-refractivity contribution in [3.8, 4) is 0 Å². The first kappa shape index (κ1) is 13.8. The van der Waals surface area contributed by atoms with Crippen LogP contribution in [-0.2, 0) is 0 Å². The number of carbonyl (C=O) groups is 1. The number of rotatable bonds is 4. The van der Waals surface area contributed by atoms with Crippen LogP contribution in [0.3, 0.4) is 0 Å². The number of hydrogen-bond acceptors (Lipinski definition) is 3. The number of carbonyl (C=O) groups excluding carboxylic acids is 1. The second-order valence-corrected chi connectivity index (χ2v) is 5.66. The summed E-state index contributed by atoms with van der Waals surface area (Å²) in [4.78, 5) is 15.9. The zero-order valence-electron chi connectivity index (χ0n) is 12.0. The summed E-state index contributed by atoms with van der Waals surface area (Å²) in [5.41, 5.74) is 8.86. The summed E-state index contributed by atoms with van der Waals surface area (Å²) in [6, 6.07) is 11.4. The van der Waals surface area contributed by atoms with E-state index in [1.165, 1.54) is 5.56 Å². The Morgan fingerprint density at radius 2 is 1.95 bits per heavy atom. The van der Waals surface area contributed by atoms with Crippen molar-refractivity contribution in [1.29, 1.82) is 0 Å². The van der Waals surface area contributed by atoms with E-state index in [1.54, 1.807) is 24.5 Å². The van der Waals surface area contributed by atoms with Gasteiger partial charge in [0.15, 0.2) is 0 Å². The zero-order chi connectivity index (χ0) is 14.9. The Hall–Kier alpha value is -2.20. The van der Waals surface area contributed by atoms with Gasteiger partial charge in [0.05, 0.1) is 0 Å². The minimum absolute atomic E-state index is 0.0260. The Balaban J connectivity index is 1.67. The Labute approximate surface area is 124 Å². The molecule has 4 nitrogen and oxygen atoms in total. The first-order chi connectivity index (χ1) is 10.1. The summed E-state index contributed by atoms with van der Waals surface area (Å²) >= 11 is 0. The quantitative estimate of drug-likeness (QED) is 0.905. The van der Waals surface area contributed by atoms with Gasteiger partial charge in [-0.2, -0.15) is 0 Å². The molecule has 4 heteroatoms. The van der Waals surface area contributed by atoms with Crippen molar-refractivity contribution in [1.82, 2.24) is 4.98 Å². The predicted octanol–water partition coefficient (Wildman–Crippen LogP) is 2.93. The molecule has 108 valence electrons. The topological polar surface area (TPSA) is 68.0 Å². The highest BCUT2D eigenvalue weighted by molar-refractivity contribution is 6.04. The van der Waals surface area contributed by atoms with Gasteiger partial charge in [0.1, 0.15) is 0 Å². The van der Waals surface area contributed by atoms with E-state index in [0.717, 1.165) is 18.5 Å². The van der Waals surface area contributed by atoms with Gasteiger partial charge < -0.3 is 11.1 Å². The van der Waals surface area contributed by atoms with Crippen LogP contribution in [-0.4, -0.2) is 16.4 Å². The molecule has 0 saturated heterocycles. The number of pyridine rings is 1. The average Bonchev–Trinajstić information content (AvgIpc) is 3.21. The SMILES string of the molecule is CCC1(N)CC1c1ccc(NC(=O)c2ccncc2)cc1. The Morgan fingerprint density at radius 3 is 2.52 bits per heavy atom. The fraction of sp³-hybridized carbons (Fsp3) is 0.294. The molecule has 1 amide bonds. The lowest BCUT2D eigenvalue weighted by Crippen LogP contribution is -2.22. The number of nitrogens with two attached hydrogens (primary N) is 1. The van der Waals surface area contributed by atoms with Gasteiger partial charge in [-0.25, -0.2) is 0 Å². The average molecular weight is 281 g/mol. The van der Waals surface area contributed by atoms with E-state index in [0.29, 0.717) is 11.5 Å². The molecular weight excluding hydrogens is 262 g/mol. The van der Waals surface area contributed by atoms with Crippen molar-refractivity contribution in [3.63, 3.8) is 0 Å². The lowest BCUT2D eigenvalue weighted by Gasteiger charge is -2.09. The lowest BCUT2D eigenvalue weighted by molar-refractivity contribution is 0.102. The second kappa shape index (κ2) is 5.30. The van der Waals surface area contributed by atoms with E-state index < -0.39 is 0 Å². The van der Waals surface area contributed by atoms with Crippen molar-refractivity contribution in [2.45, 2.75) is 31.2 Å². The van der Waals surface area contributed by atoms with Crippen LogP contribution in [0.5, 0.6) is 0 Å². The van der Waals surface area contributed by atoms with Crippen molar-refractivity contribution < 1.29 is 4.79 Å². The Bertz CT molecular complexity index is 639. The number of nitrogens with zero attached hydrogens (tertiary/aromatic N) is 1. The van der Waals surface area contributed by atoms with E-state index in [-0.39, 0.29) is 11.4 Å². The van der Waals surface area contributed by atoms with Gasteiger partial charge in [-0.1, -0.05) is 19.1 Å². The maximum Gasteiger partial charge on any atom is 0.255 e. The molecule has 0 aliphatic heterocycles. The van der Waals surface area contributed by atoms with Crippen LogP contribution < -0.4 is 11.1 Å². The van der Waals surface area contributed by atoms with Crippen molar-refractivity contribution >= 4 is 11.6 Å². The molecule has 0 radical (unpaired) electrons. The molecule has 1 aliphatic carbocycles. The number of anilines is 1. The lowest BCUT2D eigenvalue weighted by atomic mass is 10.0. The van der Waals surface area contributed by atoms with Crippen LogP contribution in [0.15, 0.2) is 48.8 Å². The van der Waals surface area contributed by atoms with Gasteiger partial charge in [-0.15, -0.1) is 0 Å². The highest BCUT2D eigenvalue weighted by atomic mass is 16.1. The molecule has 2 atom stereocenters. The number of amides is 1. The summed E-state index contributed by atoms with van der Waals surface area (Å²) in [5.74, 6) is 0.325. The third-order valence-electron chi connectivity index (χ3n) is 4.29. The molecule has 1 aromatic carbocycles. The van der Waals surface area contributed by atoms with Crippen LogP contribution in [0.2, 0.25) is 0 Å². The number of benzene rings is 1.